The van der Waals surface area contributed by atoms with Crippen molar-refractivity contribution < 1.29 is 9.90 Å². The molecule has 6 nitrogen and oxygen atoms in total. The fraction of sp³-hybridized carbons (Fsp3) is 0.667. The molecule has 0 aliphatic carbocycles. The van der Waals surface area contributed by atoms with Crippen LogP contribution in [0.5, 0.6) is 0 Å². The van der Waals surface area contributed by atoms with E-state index in [-0.39, 0.29) is 24.0 Å². The van der Waals surface area contributed by atoms with Gasteiger partial charge < -0.3 is 5.11 Å². The lowest BCUT2D eigenvalue weighted by molar-refractivity contribution is -0.122. The number of hydrogen-bond donors (Lipinski definition) is 2. The number of carbonyl (C=O) groups is 1. The van der Waals surface area contributed by atoms with Gasteiger partial charge in [-0.05, 0) is 50.8 Å². The van der Waals surface area contributed by atoms with Crippen LogP contribution < -0.4 is 5.32 Å². The highest BCUT2D eigenvalue weighted by Gasteiger charge is 2.35. The van der Waals surface area contributed by atoms with Crippen molar-refractivity contribution in [3.8, 4) is 0 Å². The van der Waals surface area contributed by atoms with Crippen molar-refractivity contribution in [1.82, 2.24) is 14.9 Å². The lowest BCUT2D eigenvalue weighted by Crippen LogP contribution is -2.49. The lowest BCUT2D eigenvalue weighted by Gasteiger charge is -2.42. The van der Waals surface area contributed by atoms with Crippen LogP contribution in [0, 0.1) is 5.41 Å². The fourth-order valence-electron chi connectivity index (χ4n) is 2.75. The number of carbonyl (C=O) groups excluding carboxylic acids is 1. The van der Waals surface area contributed by atoms with Crippen LogP contribution in [-0.2, 0) is 4.79 Å². The van der Waals surface area contributed by atoms with Gasteiger partial charge in [-0.15, -0.1) is 0 Å². The van der Waals surface area contributed by atoms with Crippen molar-refractivity contribution in [3.63, 3.8) is 0 Å². The van der Waals surface area contributed by atoms with E-state index >= 15 is 0 Å². The Morgan fingerprint density at radius 3 is 2.57 bits per heavy atom. The van der Waals surface area contributed by atoms with E-state index < -0.39 is 0 Å². The Balaban J connectivity index is 1.89. The molecule has 0 bridgehead atoms. The second-order valence-electron chi connectivity index (χ2n) is 5.79. The third-order valence-corrected chi connectivity index (χ3v) is 4.67. The molecule has 21 heavy (non-hydrogen) atoms. The SMILES string of the molecule is CCC1(CO)CCN(C(C)C(=O)Nc2ncccn2)CC1. The molecule has 1 aliphatic heterocycles. The predicted molar refractivity (Wildman–Crippen MR) is 80.7 cm³/mol. The quantitative estimate of drug-likeness (QED) is 0.855. The number of aliphatic hydroxyl groups is 1. The van der Waals surface area contributed by atoms with Crippen molar-refractivity contribution in [2.24, 2.45) is 5.41 Å². The van der Waals surface area contributed by atoms with Gasteiger partial charge in [-0.25, -0.2) is 9.97 Å². The number of amides is 1. The van der Waals surface area contributed by atoms with Gasteiger partial charge in [0, 0.05) is 19.0 Å². The van der Waals surface area contributed by atoms with Crippen molar-refractivity contribution in [3.05, 3.63) is 18.5 Å². The minimum absolute atomic E-state index is 0.0369. The molecule has 116 valence electrons. The van der Waals surface area contributed by atoms with Crippen molar-refractivity contribution in [1.29, 1.82) is 0 Å². The zero-order valence-electron chi connectivity index (χ0n) is 12.7. The molecule has 0 radical (unpaired) electrons. The summed E-state index contributed by atoms with van der Waals surface area (Å²) in [5.74, 6) is 0.249. The maximum Gasteiger partial charge on any atom is 0.243 e. The Kier molecular flexibility index (Phi) is 5.25. The van der Waals surface area contributed by atoms with E-state index in [0.29, 0.717) is 5.95 Å². The highest BCUT2D eigenvalue weighted by molar-refractivity contribution is 5.93. The summed E-state index contributed by atoms with van der Waals surface area (Å²) in [5, 5.41) is 12.3. The smallest absolute Gasteiger partial charge is 0.243 e. The highest BCUT2D eigenvalue weighted by atomic mass is 16.3. The van der Waals surface area contributed by atoms with Crippen LogP contribution in [0.25, 0.3) is 0 Å². The molecule has 1 unspecified atom stereocenters. The maximum absolute atomic E-state index is 12.2. The van der Waals surface area contributed by atoms with Crippen LogP contribution in [0.1, 0.15) is 33.1 Å². The zero-order chi connectivity index (χ0) is 15.3. The van der Waals surface area contributed by atoms with Crippen LogP contribution >= 0.6 is 0 Å². The van der Waals surface area contributed by atoms with Gasteiger partial charge in [0.1, 0.15) is 0 Å². The second-order valence-corrected chi connectivity index (χ2v) is 5.79. The molecule has 1 amide bonds. The van der Waals surface area contributed by atoms with E-state index in [2.05, 4.69) is 27.1 Å². The molecule has 0 saturated carbocycles. The topological polar surface area (TPSA) is 78.4 Å². The Bertz CT molecular complexity index is 452. The summed E-state index contributed by atoms with van der Waals surface area (Å²) < 4.78 is 0. The number of likely N-dealkylation sites (tertiary alicyclic amines) is 1. The molecule has 1 saturated heterocycles. The van der Waals surface area contributed by atoms with E-state index in [4.69, 9.17) is 0 Å². The molecule has 0 aromatic carbocycles. The molecule has 0 spiro atoms. The Labute approximate surface area is 125 Å². The van der Waals surface area contributed by atoms with Gasteiger partial charge in [-0.1, -0.05) is 6.92 Å². The first-order valence-electron chi connectivity index (χ1n) is 7.53. The number of aliphatic hydroxyl groups excluding tert-OH is 1. The summed E-state index contributed by atoms with van der Waals surface area (Å²) >= 11 is 0. The minimum Gasteiger partial charge on any atom is -0.396 e. The third kappa shape index (κ3) is 3.77. The van der Waals surface area contributed by atoms with E-state index in [1.807, 2.05) is 6.92 Å². The van der Waals surface area contributed by atoms with Crippen molar-refractivity contribution in [2.45, 2.75) is 39.2 Å². The maximum atomic E-state index is 12.2. The monoisotopic (exact) mass is 292 g/mol. The van der Waals surface area contributed by atoms with Gasteiger partial charge in [0.2, 0.25) is 11.9 Å². The van der Waals surface area contributed by atoms with Crippen LogP contribution in [0.4, 0.5) is 5.95 Å². The average Bonchev–Trinajstić information content (AvgIpc) is 2.55. The molecule has 2 heterocycles. The molecule has 1 atom stereocenters. The summed E-state index contributed by atoms with van der Waals surface area (Å²) in [4.78, 5) is 22.4. The van der Waals surface area contributed by atoms with Crippen LogP contribution in [-0.4, -0.2) is 51.6 Å². The van der Waals surface area contributed by atoms with Gasteiger partial charge in [-0.2, -0.15) is 0 Å². The lowest BCUT2D eigenvalue weighted by atomic mass is 9.76. The predicted octanol–water partition coefficient (Wildman–Crippen LogP) is 1.29. The van der Waals surface area contributed by atoms with Gasteiger partial charge in [0.05, 0.1) is 6.04 Å². The third-order valence-electron chi connectivity index (χ3n) is 4.67. The summed E-state index contributed by atoms with van der Waals surface area (Å²) in [5.41, 5.74) is 0.0369. The molecule has 2 rings (SSSR count). The summed E-state index contributed by atoms with van der Waals surface area (Å²) in [6.45, 7) is 5.91. The van der Waals surface area contributed by atoms with Gasteiger partial charge in [-0.3, -0.25) is 15.0 Å². The van der Waals surface area contributed by atoms with Gasteiger partial charge >= 0.3 is 0 Å². The van der Waals surface area contributed by atoms with Crippen molar-refractivity contribution >= 4 is 11.9 Å². The molecule has 6 heteroatoms. The standard InChI is InChI=1S/C15H24N4O2/c1-3-15(11-20)5-9-19(10-6-15)12(2)13(21)18-14-16-7-4-8-17-14/h4,7-8,12,20H,3,5-6,9-11H2,1-2H3,(H,16,17,18,21). The van der Waals surface area contributed by atoms with Crippen LogP contribution in [0.2, 0.25) is 0 Å². The number of piperidine rings is 1. The number of aromatic nitrogens is 2. The molecule has 1 aromatic heterocycles. The van der Waals surface area contributed by atoms with E-state index in [1.165, 1.54) is 0 Å². The number of rotatable bonds is 5. The molecular formula is C15H24N4O2. The number of anilines is 1. The number of nitrogens with zero attached hydrogens (tertiary/aromatic N) is 3. The Hall–Kier alpha value is -1.53. The first kappa shape index (κ1) is 15.9. The van der Waals surface area contributed by atoms with Crippen LogP contribution in [0.3, 0.4) is 0 Å². The summed E-state index contributed by atoms with van der Waals surface area (Å²) in [6.07, 6.45) is 6.05. The fourth-order valence-corrected chi connectivity index (χ4v) is 2.75. The van der Waals surface area contributed by atoms with Gasteiger partial charge in [0.25, 0.3) is 0 Å². The van der Waals surface area contributed by atoms with Crippen LogP contribution in [0.15, 0.2) is 18.5 Å². The molecule has 1 aromatic rings. The molecule has 1 aliphatic rings. The number of hydrogen-bond acceptors (Lipinski definition) is 5. The highest BCUT2D eigenvalue weighted by Crippen LogP contribution is 2.34. The van der Waals surface area contributed by atoms with Crippen molar-refractivity contribution in [2.75, 3.05) is 25.0 Å². The first-order chi connectivity index (χ1) is 10.1. The Morgan fingerprint density at radius 2 is 2.05 bits per heavy atom. The molecule has 1 fully saturated rings. The van der Waals surface area contributed by atoms with Gasteiger partial charge in [0.15, 0.2) is 0 Å². The molecule has 2 N–H and O–H groups in total. The minimum atomic E-state index is -0.220. The van der Waals surface area contributed by atoms with E-state index in [1.54, 1.807) is 18.5 Å². The zero-order valence-corrected chi connectivity index (χ0v) is 12.7. The first-order valence-corrected chi connectivity index (χ1v) is 7.53. The second kappa shape index (κ2) is 6.95. The van der Waals surface area contributed by atoms with E-state index in [0.717, 1.165) is 32.4 Å². The van der Waals surface area contributed by atoms with E-state index in [9.17, 15) is 9.90 Å². The number of nitrogens with one attached hydrogen (secondary N) is 1. The average molecular weight is 292 g/mol. The summed E-state index contributed by atoms with van der Waals surface area (Å²) in [7, 11) is 0. The Morgan fingerprint density at radius 1 is 1.43 bits per heavy atom. The normalized spacial score (nSPS) is 20.0. The largest absolute Gasteiger partial charge is 0.396 e. The summed E-state index contributed by atoms with van der Waals surface area (Å²) in [6, 6.07) is 1.49. The molecular weight excluding hydrogens is 268 g/mol.